The first-order valence-corrected chi connectivity index (χ1v) is 10.2. The summed E-state index contributed by atoms with van der Waals surface area (Å²) in [7, 11) is 0. The summed E-state index contributed by atoms with van der Waals surface area (Å²) in [5.41, 5.74) is 2.21. The number of urea groups is 1. The summed E-state index contributed by atoms with van der Waals surface area (Å²) in [6.45, 7) is 4.09. The smallest absolute Gasteiger partial charge is 0.317 e. The average molecular weight is 382 g/mol. The van der Waals surface area contributed by atoms with Gasteiger partial charge in [-0.05, 0) is 68.8 Å². The van der Waals surface area contributed by atoms with Gasteiger partial charge in [-0.25, -0.2) is 4.79 Å². The van der Waals surface area contributed by atoms with Gasteiger partial charge in [-0.2, -0.15) is 0 Å². The van der Waals surface area contributed by atoms with Gasteiger partial charge in [0.2, 0.25) is 0 Å². The maximum absolute atomic E-state index is 12.8. The summed E-state index contributed by atoms with van der Waals surface area (Å²) in [5, 5.41) is 4.47. The van der Waals surface area contributed by atoms with Crippen molar-refractivity contribution in [3.8, 4) is 0 Å². The normalized spacial score (nSPS) is 26.7. The lowest BCUT2D eigenvalue weighted by molar-refractivity contribution is 0.123. The van der Waals surface area contributed by atoms with Crippen molar-refractivity contribution in [3.63, 3.8) is 0 Å². The molecule has 136 valence electrons. The van der Waals surface area contributed by atoms with Crippen LogP contribution in [-0.4, -0.2) is 48.1 Å². The van der Waals surface area contributed by atoms with Crippen LogP contribution in [0.1, 0.15) is 49.3 Å². The van der Waals surface area contributed by atoms with Gasteiger partial charge in [0, 0.05) is 19.1 Å². The molecule has 6 heteroatoms. The van der Waals surface area contributed by atoms with E-state index in [0.29, 0.717) is 16.1 Å². The van der Waals surface area contributed by atoms with Crippen LogP contribution < -0.4 is 5.32 Å². The van der Waals surface area contributed by atoms with Crippen molar-refractivity contribution in [2.24, 2.45) is 0 Å². The number of carbonyl (C=O) groups is 1. The van der Waals surface area contributed by atoms with Crippen molar-refractivity contribution in [2.45, 2.75) is 50.6 Å². The van der Waals surface area contributed by atoms with E-state index < -0.39 is 0 Å². The summed E-state index contributed by atoms with van der Waals surface area (Å²) < 4.78 is 0. The van der Waals surface area contributed by atoms with E-state index in [0.717, 1.165) is 43.5 Å². The van der Waals surface area contributed by atoms with Crippen molar-refractivity contribution in [1.29, 1.82) is 0 Å². The summed E-state index contributed by atoms with van der Waals surface area (Å²) in [6, 6.07) is 4.48. The Bertz CT molecular complexity index is 660. The van der Waals surface area contributed by atoms with Gasteiger partial charge < -0.3 is 10.2 Å². The number of rotatable bonds is 2. The van der Waals surface area contributed by atoms with E-state index >= 15 is 0 Å². The lowest BCUT2D eigenvalue weighted by Gasteiger charge is -2.38. The largest absolute Gasteiger partial charge is 0.331 e. The minimum Gasteiger partial charge on any atom is -0.331 e. The number of benzene rings is 1. The summed E-state index contributed by atoms with van der Waals surface area (Å²) in [6.07, 6.45) is 6.66. The molecule has 1 N–H and O–H groups in total. The van der Waals surface area contributed by atoms with Crippen molar-refractivity contribution in [3.05, 3.63) is 33.3 Å². The number of likely N-dealkylation sites (tertiary alicyclic amines) is 2. The monoisotopic (exact) mass is 381 g/mol. The Morgan fingerprint density at radius 1 is 1.08 bits per heavy atom. The van der Waals surface area contributed by atoms with E-state index in [2.05, 4.69) is 10.2 Å². The molecule has 1 aromatic carbocycles. The number of halogens is 2. The van der Waals surface area contributed by atoms with Crippen LogP contribution in [0, 0.1) is 0 Å². The zero-order valence-corrected chi connectivity index (χ0v) is 16.0. The fourth-order valence-electron chi connectivity index (χ4n) is 4.57. The molecule has 2 fully saturated rings. The number of piperidine rings is 1. The third-order valence-electron chi connectivity index (χ3n) is 5.93. The number of hydrogen-bond acceptors (Lipinski definition) is 2. The average Bonchev–Trinajstić information content (AvgIpc) is 3.29. The first kappa shape index (κ1) is 17.4. The number of fused-ring (bicyclic) bond motifs is 1. The van der Waals surface area contributed by atoms with Crippen molar-refractivity contribution >= 4 is 29.2 Å². The van der Waals surface area contributed by atoms with E-state index in [9.17, 15) is 4.79 Å². The van der Waals surface area contributed by atoms with Gasteiger partial charge in [0.05, 0.1) is 16.1 Å². The highest BCUT2D eigenvalue weighted by atomic mass is 35.5. The second kappa shape index (κ2) is 7.34. The van der Waals surface area contributed by atoms with Gasteiger partial charge in [-0.3, -0.25) is 4.90 Å². The summed E-state index contributed by atoms with van der Waals surface area (Å²) in [5.74, 6) is 0. The second-order valence-corrected chi connectivity index (χ2v) is 8.24. The topological polar surface area (TPSA) is 35.6 Å². The molecular formula is C19H25Cl2N3O. The van der Waals surface area contributed by atoms with Crippen LogP contribution in [0.15, 0.2) is 12.1 Å². The Balaban J connectivity index is 1.40. The predicted molar refractivity (Wildman–Crippen MR) is 101 cm³/mol. The molecule has 1 aliphatic carbocycles. The minimum atomic E-state index is 0.0458. The maximum Gasteiger partial charge on any atom is 0.317 e. The second-order valence-electron chi connectivity index (χ2n) is 7.46. The molecule has 1 aromatic rings. The first-order valence-electron chi connectivity index (χ1n) is 9.40. The Morgan fingerprint density at radius 3 is 2.68 bits per heavy atom. The van der Waals surface area contributed by atoms with Crippen molar-refractivity contribution in [1.82, 2.24) is 15.1 Å². The van der Waals surface area contributed by atoms with E-state index in [-0.39, 0.29) is 12.1 Å². The molecule has 0 saturated carbocycles. The van der Waals surface area contributed by atoms with Gasteiger partial charge in [0.15, 0.2) is 0 Å². The third kappa shape index (κ3) is 3.49. The van der Waals surface area contributed by atoms with Gasteiger partial charge in [-0.15, -0.1) is 0 Å². The van der Waals surface area contributed by atoms with Crippen molar-refractivity contribution in [2.75, 3.05) is 26.2 Å². The molecule has 0 spiro atoms. The summed E-state index contributed by atoms with van der Waals surface area (Å²) >= 11 is 12.4. The van der Waals surface area contributed by atoms with E-state index in [1.165, 1.54) is 32.4 Å². The highest BCUT2D eigenvalue weighted by Crippen LogP contribution is 2.39. The Hall–Kier alpha value is -0.970. The Kier molecular flexibility index (Phi) is 5.12. The fraction of sp³-hybridized carbons (Fsp3) is 0.632. The zero-order chi connectivity index (χ0) is 17.4. The van der Waals surface area contributed by atoms with Crippen LogP contribution in [0.25, 0.3) is 0 Å². The molecule has 2 amide bonds. The van der Waals surface area contributed by atoms with Crippen LogP contribution in [0.4, 0.5) is 4.79 Å². The van der Waals surface area contributed by atoms with Crippen LogP contribution in [0.2, 0.25) is 10.0 Å². The maximum atomic E-state index is 12.8. The van der Waals surface area contributed by atoms with E-state index in [4.69, 9.17) is 23.2 Å². The molecule has 0 aromatic heterocycles. The first-order chi connectivity index (χ1) is 12.1. The Labute approximate surface area is 159 Å². The molecular weight excluding hydrogens is 357 g/mol. The molecule has 4 rings (SSSR count). The van der Waals surface area contributed by atoms with Crippen LogP contribution in [0.5, 0.6) is 0 Å². The third-order valence-corrected chi connectivity index (χ3v) is 6.77. The molecule has 3 aliphatic rings. The van der Waals surface area contributed by atoms with Gasteiger partial charge in [0.1, 0.15) is 0 Å². The van der Waals surface area contributed by atoms with Gasteiger partial charge in [0.25, 0.3) is 0 Å². The SMILES string of the molecule is O=C(NC1CCc2c1ccc(Cl)c2Cl)N1CCCC(N2CCCC2)C1. The molecule has 25 heavy (non-hydrogen) atoms. The molecule has 2 unspecified atom stereocenters. The number of nitrogens with zero attached hydrogens (tertiary/aromatic N) is 2. The highest BCUT2D eigenvalue weighted by Gasteiger charge is 2.32. The molecule has 2 aliphatic heterocycles. The van der Waals surface area contributed by atoms with Gasteiger partial charge >= 0.3 is 6.03 Å². The molecule has 4 nitrogen and oxygen atoms in total. The zero-order valence-electron chi connectivity index (χ0n) is 14.4. The number of hydrogen-bond donors (Lipinski definition) is 1. The van der Waals surface area contributed by atoms with Gasteiger partial charge in [-0.1, -0.05) is 29.3 Å². The standard InChI is InChI=1S/C19H25Cl2N3O/c20-16-7-5-14-15(18(16)21)6-8-17(14)22-19(25)24-11-3-4-13(12-24)23-9-1-2-10-23/h5,7,13,17H,1-4,6,8-12H2,(H,22,25). The van der Waals surface area contributed by atoms with Crippen molar-refractivity contribution < 1.29 is 4.79 Å². The predicted octanol–water partition coefficient (Wildman–Crippen LogP) is 4.25. The number of nitrogens with one attached hydrogen (secondary N) is 1. The molecule has 2 saturated heterocycles. The lowest BCUT2D eigenvalue weighted by atomic mass is 10.0. The molecule has 0 bridgehead atoms. The number of amides is 2. The molecule has 2 atom stereocenters. The number of carbonyl (C=O) groups excluding carboxylic acids is 1. The van der Waals surface area contributed by atoms with Crippen LogP contribution >= 0.6 is 23.2 Å². The quantitative estimate of drug-likeness (QED) is 0.830. The van der Waals surface area contributed by atoms with E-state index in [1.807, 2.05) is 17.0 Å². The Morgan fingerprint density at radius 2 is 1.88 bits per heavy atom. The molecule has 0 radical (unpaired) electrons. The fourth-order valence-corrected chi connectivity index (χ4v) is 5.01. The lowest BCUT2D eigenvalue weighted by Crippen LogP contribution is -2.52. The van der Waals surface area contributed by atoms with Crippen LogP contribution in [-0.2, 0) is 6.42 Å². The van der Waals surface area contributed by atoms with Crippen LogP contribution in [0.3, 0.4) is 0 Å². The molecule has 2 heterocycles. The van der Waals surface area contributed by atoms with E-state index in [1.54, 1.807) is 0 Å². The minimum absolute atomic E-state index is 0.0458. The summed E-state index contributed by atoms with van der Waals surface area (Å²) in [4.78, 5) is 17.4. The highest BCUT2D eigenvalue weighted by molar-refractivity contribution is 6.42.